The number of hydrogen-bond acceptors (Lipinski definition) is 5. The van der Waals surface area contributed by atoms with E-state index in [0.29, 0.717) is 5.69 Å². The smallest absolute Gasteiger partial charge is 0.408 e. The third kappa shape index (κ3) is 4.36. The van der Waals surface area contributed by atoms with Crippen molar-refractivity contribution in [2.45, 2.75) is 31.3 Å². The van der Waals surface area contributed by atoms with Gasteiger partial charge < -0.3 is 20.5 Å². The van der Waals surface area contributed by atoms with E-state index in [-0.39, 0.29) is 12.5 Å². The molecular weight excluding hydrogens is 436 g/mol. The van der Waals surface area contributed by atoms with Crippen molar-refractivity contribution in [2.24, 2.45) is 7.05 Å². The normalized spacial score (nSPS) is 13.5. The highest BCUT2D eigenvalue weighted by Crippen LogP contribution is 2.44. The third-order valence-electron chi connectivity index (χ3n) is 6.00. The zero-order valence-electron chi connectivity index (χ0n) is 19.1. The molecule has 0 bridgehead atoms. The van der Waals surface area contributed by atoms with E-state index >= 15 is 0 Å². The van der Waals surface area contributed by atoms with E-state index in [0.717, 1.165) is 22.3 Å². The summed E-state index contributed by atoms with van der Waals surface area (Å²) in [5, 5.41) is 18.5. The van der Waals surface area contributed by atoms with Gasteiger partial charge >= 0.3 is 12.1 Å². The molecule has 1 atom stereocenters. The van der Waals surface area contributed by atoms with Gasteiger partial charge in [-0.3, -0.25) is 9.48 Å². The summed E-state index contributed by atoms with van der Waals surface area (Å²) < 4.78 is 6.88. The monoisotopic (exact) mass is 462 g/mol. The number of carboxylic acids is 1. The van der Waals surface area contributed by atoms with Crippen LogP contribution in [0.4, 0.5) is 4.79 Å². The first-order chi connectivity index (χ1) is 16.2. The van der Waals surface area contributed by atoms with Gasteiger partial charge in [-0.2, -0.15) is 5.10 Å². The van der Waals surface area contributed by atoms with Crippen molar-refractivity contribution >= 4 is 18.0 Å². The van der Waals surface area contributed by atoms with Gasteiger partial charge in [0.2, 0.25) is 5.91 Å². The van der Waals surface area contributed by atoms with Crippen LogP contribution in [-0.2, 0) is 21.4 Å². The lowest BCUT2D eigenvalue weighted by Gasteiger charge is -2.27. The van der Waals surface area contributed by atoms with E-state index in [1.165, 1.54) is 30.8 Å². The van der Waals surface area contributed by atoms with Gasteiger partial charge in [0.15, 0.2) is 6.04 Å². The number of carbonyl (C=O) groups excluding carboxylic acids is 2. The van der Waals surface area contributed by atoms with Gasteiger partial charge in [-0.1, -0.05) is 48.5 Å². The Morgan fingerprint density at radius 3 is 2.18 bits per heavy atom. The number of amides is 2. The number of carbonyl (C=O) groups is 3. The van der Waals surface area contributed by atoms with Crippen molar-refractivity contribution in [2.75, 3.05) is 6.61 Å². The minimum absolute atomic E-state index is 0.102. The average Bonchev–Trinajstić information content (AvgIpc) is 3.36. The predicted octanol–water partition coefficient (Wildman–Crippen LogP) is 2.98. The molecule has 176 valence electrons. The molecule has 3 N–H and O–H groups in total. The van der Waals surface area contributed by atoms with E-state index in [1.807, 2.05) is 48.5 Å². The van der Waals surface area contributed by atoms with Crippen LogP contribution in [0.5, 0.6) is 0 Å². The van der Waals surface area contributed by atoms with Crippen molar-refractivity contribution < 1.29 is 24.2 Å². The molecule has 0 saturated heterocycles. The summed E-state index contributed by atoms with van der Waals surface area (Å²) in [4.78, 5) is 37.2. The predicted molar refractivity (Wildman–Crippen MR) is 124 cm³/mol. The Labute approximate surface area is 196 Å². The van der Waals surface area contributed by atoms with E-state index in [9.17, 15) is 19.5 Å². The maximum absolute atomic E-state index is 12.8. The van der Waals surface area contributed by atoms with E-state index in [4.69, 9.17) is 4.74 Å². The molecule has 1 unspecified atom stereocenters. The first-order valence-electron chi connectivity index (χ1n) is 10.8. The summed E-state index contributed by atoms with van der Waals surface area (Å²) in [5.41, 5.74) is 3.26. The largest absolute Gasteiger partial charge is 0.479 e. The summed E-state index contributed by atoms with van der Waals surface area (Å²) in [6, 6.07) is 16.2. The van der Waals surface area contributed by atoms with Crippen LogP contribution in [0, 0.1) is 0 Å². The molecule has 4 rings (SSSR count). The fraction of sp³-hybridized carbons (Fsp3) is 0.280. The van der Waals surface area contributed by atoms with Gasteiger partial charge in [-0.15, -0.1) is 0 Å². The topological polar surface area (TPSA) is 123 Å². The minimum Gasteiger partial charge on any atom is -0.479 e. The lowest BCUT2D eigenvalue weighted by atomic mass is 9.98. The van der Waals surface area contributed by atoms with Crippen LogP contribution in [-0.4, -0.2) is 45.0 Å². The van der Waals surface area contributed by atoms with Crippen molar-refractivity contribution in [1.29, 1.82) is 0 Å². The summed E-state index contributed by atoms with van der Waals surface area (Å²) >= 11 is 0. The molecule has 0 spiro atoms. The van der Waals surface area contributed by atoms with E-state index in [1.54, 1.807) is 7.05 Å². The van der Waals surface area contributed by atoms with Gasteiger partial charge in [0.05, 0.1) is 5.69 Å². The fourth-order valence-corrected chi connectivity index (χ4v) is 4.19. The van der Waals surface area contributed by atoms with Gasteiger partial charge in [0, 0.05) is 19.2 Å². The minimum atomic E-state index is -1.42. The van der Waals surface area contributed by atoms with Gasteiger partial charge in [0.25, 0.3) is 0 Å². The van der Waals surface area contributed by atoms with Gasteiger partial charge in [-0.25, -0.2) is 9.59 Å². The number of carboxylic acid groups (broad SMARTS) is 1. The summed E-state index contributed by atoms with van der Waals surface area (Å²) in [6.45, 7) is 3.06. The lowest BCUT2D eigenvalue weighted by molar-refractivity contribution is -0.143. The molecule has 2 aromatic carbocycles. The molecule has 0 aliphatic heterocycles. The number of alkyl carbamates (subject to hydrolysis) is 1. The average molecular weight is 463 g/mol. The number of nitrogens with zero attached hydrogens (tertiary/aromatic N) is 2. The second-order valence-corrected chi connectivity index (χ2v) is 8.70. The Balaban J connectivity index is 1.41. The van der Waals surface area contributed by atoms with E-state index < -0.39 is 29.6 Å². The van der Waals surface area contributed by atoms with Crippen molar-refractivity contribution in [3.8, 4) is 11.1 Å². The Morgan fingerprint density at radius 1 is 1.06 bits per heavy atom. The number of hydrogen-bond donors (Lipinski definition) is 3. The zero-order valence-corrected chi connectivity index (χ0v) is 19.1. The number of fused-ring (bicyclic) bond motifs is 3. The maximum atomic E-state index is 12.8. The van der Waals surface area contributed by atoms with Crippen LogP contribution >= 0.6 is 0 Å². The molecule has 3 aromatic rings. The molecule has 1 heterocycles. The Morgan fingerprint density at radius 2 is 1.65 bits per heavy atom. The molecule has 0 saturated carbocycles. The molecule has 1 aliphatic carbocycles. The maximum Gasteiger partial charge on any atom is 0.408 e. The lowest BCUT2D eigenvalue weighted by Crippen LogP contribution is -2.56. The molecule has 1 aromatic heterocycles. The van der Waals surface area contributed by atoms with E-state index in [2.05, 4.69) is 15.7 Å². The summed E-state index contributed by atoms with van der Waals surface area (Å²) in [6.07, 6.45) is 0.673. The van der Waals surface area contributed by atoms with Crippen LogP contribution in [0.25, 0.3) is 11.1 Å². The number of aromatic nitrogens is 2. The highest BCUT2D eigenvalue weighted by Gasteiger charge is 2.35. The first kappa shape index (κ1) is 23.0. The zero-order chi connectivity index (χ0) is 24.5. The Hall–Kier alpha value is -4.14. The molecule has 9 heteroatoms. The number of aryl methyl sites for hydroxylation is 1. The Kier molecular flexibility index (Phi) is 6.10. The first-order valence-corrected chi connectivity index (χ1v) is 10.8. The van der Waals surface area contributed by atoms with Gasteiger partial charge in [-0.05, 0) is 42.2 Å². The molecule has 0 radical (unpaired) electrons. The summed E-state index contributed by atoms with van der Waals surface area (Å²) in [7, 11) is 1.58. The number of rotatable bonds is 7. The highest BCUT2D eigenvalue weighted by atomic mass is 16.5. The third-order valence-corrected chi connectivity index (χ3v) is 6.00. The van der Waals surface area contributed by atoms with Crippen molar-refractivity contribution in [1.82, 2.24) is 20.4 Å². The molecule has 0 fully saturated rings. The SMILES string of the molecule is Cn1nccc1C(NC(=O)C(C)(C)NC(=O)OCC1c2ccccc2-c2ccccc21)C(=O)O. The second kappa shape index (κ2) is 9.01. The van der Waals surface area contributed by atoms with Gasteiger partial charge in [0.1, 0.15) is 12.1 Å². The number of ether oxygens (including phenoxy) is 1. The highest BCUT2D eigenvalue weighted by molar-refractivity contribution is 5.92. The van der Waals surface area contributed by atoms with Crippen molar-refractivity contribution in [3.05, 3.63) is 77.6 Å². The van der Waals surface area contributed by atoms with Crippen LogP contribution in [0.15, 0.2) is 60.8 Å². The van der Waals surface area contributed by atoms with Crippen LogP contribution in [0.2, 0.25) is 0 Å². The molecule has 2 amide bonds. The van der Waals surface area contributed by atoms with Crippen LogP contribution in [0.1, 0.15) is 42.6 Å². The van der Waals surface area contributed by atoms with Crippen LogP contribution < -0.4 is 10.6 Å². The molecule has 1 aliphatic rings. The molecular formula is C25H26N4O5. The summed E-state index contributed by atoms with van der Waals surface area (Å²) in [5.74, 6) is -2.03. The number of aliphatic carboxylic acids is 1. The number of benzene rings is 2. The second-order valence-electron chi connectivity index (χ2n) is 8.70. The molecule has 9 nitrogen and oxygen atoms in total. The van der Waals surface area contributed by atoms with Crippen molar-refractivity contribution in [3.63, 3.8) is 0 Å². The Bertz CT molecular complexity index is 1200. The fourth-order valence-electron chi connectivity index (χ4n) is 4.19. The number of nitrogens with one attached hydrogen (secondary N) is 2. The van der Waals surface area contributed by atoms with Crippen LogP contribution in [0.3, 0.4) is 0 Å². The molecule has 34 heavy (non-hydrogen) atoms. The standard InChI is InChI=1S/C25H26N4O5/c1-25(2,23(32)27-21(22(30)31)20-12-13-26-29(20)3)28-24(33)34-14-19-17-10-6-4-8-15(17)16-9-5-7-11-18(16)19/h4-13,19,21H,14H2,1-3H3,(H,27,32)(H,28,33)(H,30,31). The quantitative estimate of drug-likeness (QED) is 0.496.